The van der Waals surface area contributed by atoms with Gasteiger partial charge < -0.3 is 4.74 Å². The quantitative estimate of drug-likeness (QED) is 0.270. The maximum atomic E-state index is 12.3. The summed E-state index contributed by atoms with van der Waals surface area (Å²) >= 11 is 6.11. The van der Waals surface area contributed by atoms with E-state index >= 15 is 0 Å². The number of fused-ring (bicyclic) bond motifs is 1. The van der Waals surface area contributed by atoms with Gasteiger partial charge >= 0.3 is 5.97 Å². The van der Waals surface area contributed by atoms with Gasteiger partial charge in [0.05, 0.1) is 15.5 Å². The van der Waals surface area contributed by atoms with Crippen LogP contribution >= 0.6 is 11.6 Å². The van der Waals surface area contributed by atoms with Gasteiger partial charge in [0.15, 0.2) is 5.70 Å². The number of aliphatic imine (C=N–C) groups is 1. The van der Waals surface area contributed by atoms with Crippen molar-refractivity contribution in [1.82, 2.24) is 0 Å². The van der Waals surface area contributed by atoms with E-state index in [0.29, 0.717) is 5.56 Å². The SMILES string of the molecule is Cc1ccc(/C=C2\N=C(c3ccc([N+](=O)[O-])cc3Cl)OC2=O)c2ccccc12. The first-order chi connectivity index (χ1) is 13.4. The summed E-state index contributed by atoms with van der Waals surface area (Å²) in [4.78, 5) is 26.8. The van der Waals surface area contributed by atoms with Crippen molar-refractivity contribution in [3.63, 3.8) is 0 Å². The lowest BCUT2D eigenvalue weighted by atomic mass is 10.00. The van der Waals surface area contributed by atoms with E-state index in [1.807, 2.05) is 43.3 Å². The molecule has 0 unspecified atom stereocenters. The molecule has 138 valence electrons. The van der Waals surface area contributed by atoms with Crippen molar-refractivity contribution in [2.45, 2.75) is 6.92 Å². The Morgan fingerprint density at radius 3 is 2.57 bits per heavy atom. The average molecular weight is 393 g/mol. The number of carbonyl (C=O) groups excluding carboxylic acids is 1. The van der Waals surface area contributed by atoms with Crippen LogP contribution in [0.25, 0.3) is 16.8 Å². The van der Waals surface area contributed by atoms with Gasteiger partial charge in [-0.05, 0) is 41.0 Å². The topological polar surface area (TPSA) is 81.8 Å². The highest BCUT2D eigenvalue weighted by Gasteiger charge is 2.26. The molecule has 0 radical (unpaired) electrons. The second kappa shape index (κ2) is 6.90. The molecule has 1 heterocycles. The van der Waals surface area contributed by atoms with Gasteiger partial charge in [-0.2, -0.15) is 0 Å². The summed E-state index contributed by atoms with van der Waals surface area (Å²) < 4.78 is 5.24. The van der Waals surface area contributed by atoms with Gasteiger partial charge in [0.1, 0.15) is 0 Å². The zero-order valence-corrected chi connectivity index (χ0v) is 15.4. The van der Waals surface area contributed by atoms with Crippen LogP contribution in [0.15, 0.2) is 65.3 Å². The Morgan fingerprint density at radius 1 is 1.11 bits per heavy atom. The number of hydrogen-bond acceptors (Lipinski definition) is 5. The van der Waals surface area contributed by atoms with Gasteiger partial charge in [0, 0.05) is 12.1 Å². The molecule has 0 bridgehead atoms. The zero-order valence-electron chi connectivity index (χ0n) is 14.7. The number of esters is 1. The molecule has 3 aromatic carbocycles. The van der Waals surface area contributed by atoms with Gasteiger partial charge in [0.2, 0.25) is 5.90 Å². The maximum absolute atomic E-state index is 12.3. The van der Waals surface area contributed by atoms with E-state index in [2.05, 4.69) is 4.99 Å². The zero-order chi connectivity index (χ0) is 19.8. The van der Waals surface area contributed by atoms with Gasteiger partial charge in [-0.3, -0.25) is 10.1 Å². The summed E-state index contributed by atoms with van der Waals surface area (Å²) in [5.41, 5.74) is 2.28. The van der Waals surface area contributed by atoms with E-state index in [-0.39, 0.29) is 22.3 Å². The highest BCUT2D eigenvalue weighted by molar-refractivity contribution is 6.34. The fourth-order valence-corrected chi connectivity index (χ4v) is 3.32. The van der Waals surface area contributed by atoms with Crippen molar-refractivity contribution >= 4 is 46.0 Å². The van der Waals surface area contributed by atoms with Crippen molar-refractivity contribution in [3.05, 3.63) is 92.1 Å². The molecular weight excluding hydrogens is 380 g/mol. The second-order valence-corrected chi connectivity index (χ2v) is 6.68. The van der Waals surface area contributed by atoms with E-state index in [1.165, 1.54) is 18.2 Å². The average Bonchev–Trinajstić information content (AvgIpc) is 3.04. The predicted octanol–water partition coefficient (Wildman–Crippen LogP) is 5.05. The van der Waals surface area contributed by atoms with Crippen LogP contribution in [0.3, 0.4) is 0 Å². The minimum absolute atomic E-state index is 0.0209. The molecule has 28 heavy (non-hydrogen) atoms. The molecule has 0 fully saturated rings. The Hall–Kier alpha value is -3.51. The first kappa shape index (κ1) is 17.9. The molecule has 0 saturated carbocycles. The predicted molar refractivity (Wildman–Crippen MR) is 107 cm³/mol. The Morgan fingerprint density at radius 2 is 1.86 bits per heavy atom. The fraction of sp³-hybridized carbons (Fsp3) is 0.0476. The van der Waals surface area contributed by atoms with Crippen molar-refractivity contribution in [2.24, 2.45) is 4.99 Å². The van der Waals surface area contributed by atoms with E-state index in [9.17, 15) is 14.9 Å². The fourth-order valence-electron chi connectivity index (χ4n) is 3.06. The minimum Gasteiger partial charge on any atom is -0.402 e. The van der Waals surface area contributed by atoms with Crippen LogP contribution in [0.1, 0.15) is 16.7 Å². The van der Waals surface area contributed by atoms with Crippen LogP contribution in [0.2, 0.25) is 5.02 Å². The molecule has 0 saturated heterocycles. The number of halogens is 1. The normalized spacial score (nSPS) is 15.0. The summed E-state index contributed by atoms with van der Waals surface area (Å²) in [6, 6.07) is 15.7. The molecule has 3 aromatic rings. The standard InChI is InChI=1S/C21H13ClN2O4/c1-12-6-7-13(16-5-3-2-4-15(12)16)10-19-21(25)28-20(23-19)17-9-8-14(24(26)27)11-18(17)22/h2-11H,1H3/b19-10-. The molecule has 0 atom stereocenters. The van der Waals surface area contributed by atoms with Crippen LogP contribution in [0.5, 0.6) is 0 Å². The van der Waals surface area contributed by atoms with Gasteiger partial charge in [-0.25, -0.2) is 9.79 Å². The monoisotopic (exact) mass is 392 g/mol. The second-order valence-electron chi connectivity index (χ2n) is 6.27. The number of carbonyl (C=O) groups is 1. The number of nitro groups is 1. The summed E-state index contributed by atoms with van der Waals surface area (Å²) in [5, 5.41) is 13.0. The maximum Gasteiger partial charge on any atom is 0.363 e. The Bertz CT molecular complexity index is 1210. The summed E-state index contributed by atoms with van der Waals surface area (Å²) in [6.07, 6.45) is 1.66. The van der Waals surface area contributed by atoms with Crippen LogP contribution in [0, 0.1) is 17.0 Å². The van der Waals surface area contributed by atoms with E-state index in [1.54, 1.807) is 6.08 Å². The highest BCUT2D eigenvalue weighted by atomic mass is 35.5. The van der Waals surface area contributed by atoms with Crippen molar-refractivity contribution in [1.29, 1.82) is 0 Å². The Balaban J connectivity index is 1.77. The Labute approximate surface area is 164 Å². The van der Waals surface area contributed by atoms with E-state index in [4.69, 9.17) is 16.3 Å². The van der Waals surface area contributed by atoms with E-state index in [0.717, 1.165) is 21.9 Å². The molecule has 1 aliphatic heterocycles. The van der Waals surface area contributed by atoms with Crippen LogP contribution in [-0.4, -0.2) is 16.8 Å². The molecule has 0 spiro atoms. The molecule has 0 aromatic heterocycles. The van der Waals surface area contributed by atoms with Crippen LogP contribution < -0.4 is 0 Å². The number of benzene rings is 3. The van der Waals surface area contributed by atoms with E-state index < -0.39 is 10.9 Å². The lowest BCUT2D eigenvalue weighted by molar-refractivity contribution is -0.384. The molecule has 0 amide bonds. The van der Waals surface area contributed by atoms with Crippen molar-refractivity contribution in [3.8, 4) is 0 Å². The summed E-state index contributed by atoms with van der Waals surface area (Å²) in [7, 11) is 0. The van der Waals surface area contributed by atoms with Crippen molar-refractivity contribution < 1.29 is 14.5 Å². The smallest absolute Gasteiger partial charge is 0.363 e. The van der Waals surface area contributed by atoms with Crippen LogP contribution in [0.4, 0.5) is 5.69 Å². The van der Waals surface area contributed by atoms with Gasteiger partial charge in [-0.1, -0.05) is 48.0 Å². The number of ether oxygens (including phenoxy) is 1. The number of rotatable bonds is 3. The summed E-state index contributed by atoms with van der Waals surface area (Å²) in [5.74, 6) is -0.582. The molecular formula is C21H13ClN2O4. The first-order valence-corrected chi connectivity index (χ1v) is 8.77. The van der Waals surface area contributed by atoms with Gasteiger partial charge in [-0.15, -0.1) is 0 Å². The summed E-state index contributed by atoms with van der Waals surface area (Å²) in [6.45, 7) is 2.02. The third kappa shape index (κ3) is 3.14. The van der Waals surface area contributed by atoms with Crippen LogP contribution in [-0.2, 0) is 9.53 Å². The lowest BCUT2D eigenvalue weighted by Gasteiger charge is -2.05. The van der Waals surface area contributed by atoms with Gasteiger partial charge in [0.25, 0.3) is 5.69 Å². The largest absolute Gasteiger partial charge is 0.402 e. The third-order valence-corrected chi connectivity index (χ3v) is 4.80. The number of nitro benzene ring substituents is 1. The lowest BCUT2D eigenvalue weighted by Crippen LogP contribution is -2.06. The third-order valence-electron chi connectivity index (χ3n) is 4.48. The first-order valence-electron chi connectivity index (χ1n) is 8.39. The number of non-ortho nitro benzene ring substituents is 1. The molecule has 6 nitrogen and oxygen atoms in total. The minimum atomic E-state index is -0.603. The molecule has 0 aliphatic carbocycles. The van der Waals surface area contributed by atoms with Crippen molar-refractivity contribution in [2.75, 3.05) is 0 Å². The number of nitrogens with zero attached hydrogens (tertiary/aromatic N) is 2. The highest BCUT2D eigenvalue weighted by Crippen LogP contribution is 2.29. The number of hydrogen-bond donors (Lipinski definition) is 0. The Kier molecular flexibility index (Phi) is 4.41. The number of cyclic esters (lactones) is 1. The molecule has 1 aliphatic rings. The number of aryl methyl sites for hydroxylation is 1. The molecule has 0 N–H and O–H groups in total. The molecule has 7 heteroatoms. The molecule has 4 rings (SSSR count).